The molecule has 1 fully saturated rings. The molecular formula is C18H29ClN2O. The highest BCUT2D eigenvalue weighted by molar-refractivity contribution is 5.85. The fourth-order valence-corrected chi connectivity index (χ4v) is 3.26. The zero-order chi connectivity index (χ0) is 15.5. The zero-order valence-corrected chi connectivity index (χ0v) is 14.7. The van der Waals surface area contributed by atoms with Gasteiger partial charge >= 0.3 is 0 Å². The lowest BCUT2D eigenvalue weighted by molar-refractivity contribution is -0.122. The van der Waals surface area contributed by atoms with Crippen molar-refractivity contribution in [3.63, 3.8) is 0 Å². The predicted molar refractivity (Wildman–Crippen MR) is 94.6 cm³/mol. The van der Waals surface area contributed by atoms with Crippen LogP contribution in [0.4, 0.5) is 0 Å². The number of halogens is 1. The first-order chi connectivity index (χ1) is 9.94. The second-order valence-electron chi connectivity index (χ2n) is 6.77. The lowest BCUT2D eigenvalue weighted by Gasteiger charge is -2.30. The molecule has 22 heavy (non-hydrogen) atoms. The summed E-state index contributed by atoms with van der Waals surface area (Å²) in [4.78, 5) is 11.8. The Morgan fingerprint density at radius 3 is 2.18 bits per heavy atom. The van der Waals surface area contributed by atoms with Gasteiger partial charge < -0.3 is 11.1 Å². The van der Waals surface area contributed by atoms with Crippen LogP contribution in [0, 0.1) is 0 Å². The summed E-state index contributed by atoms with van der Waals surface area (Å²) in [6.45, 7) is 6.86. The second-order valence-corrected chi connectivity index (χ2v) is 6.77. The normalized spacial score (nSPS) is 17.9. The van der Waals surface area contributed by atoms with Gasteiger partial charge in [0.25, 0.3) is 0 Å². The highest BCUT2D eigenvalue weighted by Gasteiger charge is 2.36. The average molecular weight is 325 g/mol. The summed E-state index contributed by atoms with van der Waals surface area (Å²) < 4.78 is 0. The van der Waals surface area contributed by atoms with Crippen molar-refractivity contribution in [3.05, 3.63) is 35.4 Å². The fraction of sp³-hybridized carbons (Fsp3) is 0.611. The molecule has 1 aliphatic rings. The molecule has 1 aromatic carbocycles. The van der Waals surface area contributed by atoms with E-state index in [0.29, 0.717) is 12.5 Å². The predicted octanol–water partition coefficient (Wildman–Crippen LogP) is 3.51. The number of nitrogens with two attached hydrogens (primary N) is 1. The van der Waals surface area contributed by atoms with Crippen LogP contribution in [-0.4, -0.2) is 18.5 Å². The van der Waals surface area contributed by atoms with E-state index in [1.807, 2.05) is 0 Å². The first-order valence-corrected chi connectivity index (χ1v) is 8.08. The molecule has 0 aromatic heterocycles. The van der Waals surface area contributed by atoms with Crippen molar-refractivity contribution in [1.82, 2.24) is 5.32 Å². The molecule has 3 nitrogen and oxygen atoms in total. The molecule has 1 aliphatic carbocycles. The number of benzene rings is 1. The first-order valence-electron chi connectivity index (χ1n) is 8.08. The van der Waals surface area contributed by atoms with E-state index >= 15 is 0 Å². The molecule has 4 heteroatoms. The molecule has 0 aliphatic heterocycles. The van der Waals surface area contributed by atoms with E-state index in [9.17, 15) is 4.79 Å². The van der Waals surface area contributed by atoms with Gasteiger partial charge in [-0.1, -0.05) is 51.0 Å². The maximum Gasteiger partial charge on any atom is 0.236 e. The van der Waals surface area contributed by atoms with Crippen LogP contribution in [0.2, 0.25) is 0 Å². The highest BCUT2D eigenvalue weighted by atomic mass is 35.5. The van der Waals surface area contributed by atoms with Crippen molar-refractivity contribution < 1.29 is 4.79 Å². The monoisotopic (exact) mass is 324 g/mol. The summed E-state index contributed by atoms with van der Waals surface area (Å²) >= 11 is 0. The molecule has 1 atom stereocenters. The number of rotatable bonds is 5. The molecule has 2 rings (SSSR count). The Kier molecular flexibility index (Phi) is 6.89. The average Bonchev–Trinajstić information content (AvgIpc) is 2.94. The summed E-state index contributed by atoms with van der Waals surface area (Å²) in [6.07, 6.45) is 4.76. The molecule has 0 unspecified atom stereocenters. The Balaban J connectivity index is 0.00000242. The molecule has 0 saturated heterocycles. The van der Waals surface area contributed by atoms with Crippen LogP contribution in [-0.2, 0) is 10.2 Å². The first kappa shape index (κ1) is 19.0. The lowest BCUT2D eigenvalue weighted by Crippen LogP contribution is -2.45. The largest absolute Gasteiger partial charge is 0.354 e. The number of hydrogen-bond acceptors (Lipinski definition) is 2. The molecule has 124 valence electrons. The van der Waals surface area contributed by atoms with E-state index in [1.54, 1.807) is 6.92 Å². The fourth-order valence-electron chi connectivity index (χ4n) is 3.26. The smallest absolute Gasteiger partial charge is 0.236 e. The van der Waals surface area contributed by atoms with Crippen LogP contribution in [0.5, 0.6) is 0 Å². The van der Waals surface area contributed by atoms with Gasteiger partial charge in [-0.15, -0.1) is 12.4 Å². The summed E-state index contributed by atoms with van der Waals surface area (Å²) in [6, 6.07) is 8.52. The van der Waals surface area contributed by atoms with Gasteiger partial charge in [0.05, 0.1) is 6.04 Å². The second kappa shape index (κ2) is 7.98. The van der Waals surface area contributed by atoms with E-state index < -0.39 is 6.04 Å². The van der Waals surface area contributed by atoms with Crippen LogP contribution >= 0.6 is 12.4 Å². The molecule has 0 radical (unpaired) electrons. The molecule has 1 aromatic rings. The SMILES string of the molecule is CC(C)c1ccc(C2(CNC(=O)[C@H](C)N)CCCC2)cc1.Cl. The Bertz CT molecular complexity index is 476. The zero-order valence-electron chi connectivity index (χ0n) is 13.9. The topological polar surface area (TPSA) is 55.1 Å². The summed E-state index contributed by atoms with van der Waals surface area (Å²) in [5.41, 5.74) is 8.46. The van der Waals surface area contributed by atoms with Crippen molar-refractivity contribution in [2.75, 3.05) is 6.54 Å². The summed E-state index contributed by atoms with van der Waals surface area (Å²) in [5.74, 6) is 0.497. The van der Waals surface area contributed by atoms with E-state index in [2.05, 4.69) is 43.4 Å². The maximum atomic E-state index is 11.8. The van der Waals surface area contributed by atoms with E-state index in [-0.39, 0.29) is 23.7 Å². The molecular weight excluding hydrogens is 296 g/mol. The molecule has 1 amide bonds. The molecule has 0 spiro atoms. The van der Waals surface area contributed by atoms with Gasteiger partial charge in [0, 0.05) is 12.0 Å². The third-order valence-electron chi connectivity index (χ3n) is 4.76. The van der Waals surface area contributed by atoms with Crippen molar-refractivity contribution in [3.8, 4) is 0 Å². The van der Waals surface area contributed by atoms with Crippen molar-refractivity contribution in [2.45, 2.75) is 63.8 Å². The standard InChI is InChI=1S/C18H28N2O.ClH/c1-13(2)15-6-8-16(9-7-15)18(10-4-5-11-18)12-20-17(21)14(3)19;/h6-9,13-14H,4-5,10-12,19H2,1-3H3,(H,20,21);1H/t14-;/m0./s1. The Labute approximate surface area is 140 Å². The van der Waals surface area contributed by atoms with Crippen LogP contribution < -0.4 is 11.1 Å². The van der Waals surface area contributed by atoms with Crippen LogP contribution in [0.15, 0.2) is 24.3 Å². The number of hydrogen-bond donors (Lipinski definition) is 2. The number of carbonyl (C=O) groups excluding carboxylic acids is 1. The van der Waals surface area contributed by atoms with Gasteiger partial charge in [0.1, 0.15) is 0 Å². The van der Waals surface area contributed by atoms with E-state index in [0.717, 1.165) is 12.8 Å². The van der Waals surface area contributed by atoms with Crippen LogP contribution in [0.25, 0.3) is 0 Å². The van der Waals surface area contributed by atoms with Gasteiger partial charge in [0.2, 0.25) is 5.91 Å². The Morgan fingerprint density at radius 2 is 1.73 bits per heavy atom. The van der Waals surface area contributed by atoms with Crippen LogP contribution in [0.3, 0.4) is 0 Å². The highest BCUT2D eigenvalue weighted by Crippen LogP contribution is 2.41. The molecule has 0 heterocycles. The minimum Gasteiger partial charge on any atom is -0.354 e. The third kappa shape index (κ3) is 4.23. The third-order valence-corrected chi connectivity index (χ3v) is 4.76. The van der Waals surface area contributed by atoms with Gasteiger partial charge in [-0.25, -0.2) is 0 Å². The Hall–Kier alpha value is -1.06. The van der Waals surface area contributed by atoms with Gasteiger partial charge in [-0.2, -0.15) is 0 Å². The minimum absolute atomic E-state index is 0. The quantitative estimate of drug-likeness (QED) is 0.870. The molecule has 3 N–H and O–H groups in total. The minimum atomic E-state index is -0.438. The van der Waals surface area contributed by atoms with Crippen molar-refractivity contribution in [2.24, 2.45) is 5.73 Å². The lowest BCUT2D eigenvalue weighted by atomic mass is 9.78. The maximum absolute atomic E-state index is 11.8. The summed E-state index contributed by atoms with van der Waals surface area (Å²) in [7, 11) is 0. The number of amides is 1. The van der Waals surface area contributed by atoms with Crippen molar-refractivity contribution >= 4 is 18.3 Å². The van der Waals surface area contributed by atoms with E-state index in [1.165, 1.54) is 24.0 Å². The molecule has 0 bridgehead atoms. The van der Waals surface area contributed by atoms with E-state index in [4.69, 9.17) is 5.73 Å². The van der Waals surface area contributed by atoms with Crippen LogP contribution in [0.1, 0.15) is 63.5 Å². The number of nitrogens with one attached hydrogen (secondary N) is 1. The molecule has 1 saturated carbocycles. The van der Waals surface area contributed by atoms with Gasteiger partial charge in [-0.05, 0) is 36.8 Å². The Morgan fingerprint density at radius 1 is 1.18 bits per heavy atom. The number of carbonyl (C=O) groups is 1. The summed E-state index contributed by atoms with van der Waals surface area (Å²) in [5, 5.41) is 3.04. The van der Waals surface area contributed by atoms with Gasteiger partial charge in [-0.3, -0.25) is 4.79 Å². The van der Waals surface area contributed by atoms with Gasteiger partial charge in [0.15, 0.2) is 0 Å². The van der Waals surface area contributed by atoms with Crippen molar-refractivity contribution in [1.29, 1.82) is 0 Å².